The molecule has 1 aromatic heterocycles. The molecule has 3 heterocycles. The summed E-state index contributed by atoms with van der Waals surface area (Å²) < 4.78 is 25.0. The average molecular weight is 266 g/mol. The Morgan fingerprint density at radius 1 is 1.58 bits per heavy atom. The van der Waals surface area contributed by atoms with E-state index in [1.54, 1.807) is 12.3 Å². The number of rotatable bonds is 3. The van der Waals surface area contributed by atoms with Crippen molar-refractivity contribution in [3.05, 3.63) is 24.1 Å². The lowest BCUT2D eigenvalue weighted by Crippen LogP contribution is -2.56. The molecule has 2 aliphatic rings. The van der Waals surface area contributed by atoms with Crippen LogP contribution in [-0.2, 0) is 4.74 Å². The van der Waals surface area contributed by atoms with Gasteiger partial charge < -0.3 is 14.8 Å². The highest BCUT2D eigenvalue weighted by molar-refractivity contribution is 5.13. The summed E-state index contributed by atoms with van der Waals surface area (Å²) in [5.41, 5.74) is -0.0412. The van der Waals surface area contributed by atoms with Crippen molar-refractivity contribution in [1.82, 2.24) is 10.3 Å². The van der Waals surface area contributed by atoms with Gasteiger partial charge in [-0.05, 0) is 37.9 Å². The number of piperidine rings is 1. The van der Waals surface area contributed by atoms with Gasteiger partial charge >= 0.3 is 0 Å². The highest BCUT2D eigenvalue weighted by atomic mass is 19.1. The van der Waals surface area contributed by atoms with E-state index < -0.39 is 5.82 Å². The smallest absolute Gasteiger partial charge is 0.250 e. The molecule has 1 N–H and O–H groups in total. The van der Waals surface area contributed by atoms with Crippen molar-refractivity contribution in [1.29, 1.82) is 0 Å². The van der Waals surface area contributed by atoms with Crippen molar-refractivity contribution in [3.8, 4) is 5.88 Å². The lowest BCUT2D eigenvalue weighted by molar-refractivity contribution is -0.116. The van der Waals surface area contributed by atoms with Crippen molar-refractivity contribution in [2.75, 3.05) is 26.3 Å². The van der Waals surface area contributed by atoms with E-state index in [0.29, 0.717) is 6.61 Å². The zero-order chi connectivity index (χ0) is 13.1. The lowest BCUT2D eigenvalue weighted by Gasteiger charge is -2.46. The molecular weight excluding hydrogens is 247 g/mol. The first kappa shape index (κ1) is 12.8. The molecule has 2 aliphatic heterocycles. The van der Waals surface area contributed by atoms with Crippen LogP contribution < -0.4 is 10.1 Å². The van der Waals surface area contributed by atoms with Crippen molar-refractivity contribution >= 4 is 0 Å². The normalized spacial score (nSPS) is 30.7. The first-order chi connectivity index (χ1) is 9.30. The number of halogens is 1. The fraction of sp³-hybridized carbons (Fsp3) is 0.643. The Labute approximate surface area is 112 Å². The number of pyridine rings is 1. The van der Waals surface area contributed by atoms with Crippen LogP contribution in [0.25, 0.3) is 0 Å². The minimum absolute atomic E-state index is 0.0412. The Balaban J connectivity index is 1.71. The molecule has 2 fully saturated rings. The van der Waals surface area contributed by atoms with Crippen LogP contribution in [0.15, 0.2) is 18.3 Å². The first-order valence-corrected chi connectivity index (χ1v) is 6.86. The number of hydrogen-bond acceptors (Lipinski definition) is 4. The van der Waals surface area contributed by atoms with Crippen LogP contribution in [-0.4, -0.2) is 37.4 Å². The molecule has 0 aromatic carbocycles. The van der Waals surface area contributed by atoms with Crippen LogP contribution in [0.2, 0.25) is 0 Å². The van der Waals surface area contributed by atoms with Gasteiger partial charge in [0, 0.05) is 24.8 Å². The molecule has 2 unspecified atom stereocenters. The molecule has 4 nitrogen and oxygen atoms in total. The summed E-state index contributed by atoms with van der Waals surface area (Å²) in [6.45, 7) is 3.12. The van der Waals surface area contributed by atoms with Gasteiger partial charge in [0.05, 0.1) is 12.7 Å². The summed E-state index contributed by atoms with van der Waals surface area (Å²) >= 11 is 0. The number of nitrogens with one attached hydrogen (secondary N) is 1. The zero-order valence-corrected chi connectivity index (χ0v) is 10.9. The molecule has 2 saturated heterocycles. The molecule has 2 atom stereocenters. The Bertz CT molecular complexity index is 429. The predicted molar refractivity (Wildman–Crippen MR) is 68.6 cm³/mol. The van der Waals surface area contributed by atoms with Gasteiger partial charge in [-0.25, -0.2) is 9.37 Å². The molecule has 0 radical (unpaired) electrons. The lowest BCUT2D eigenvalue weighted by atomic mass is 9.73. The highest BCUT2D eigenvalue weighted by Crippen LogP contribution is 2.38. The summed E-state index contributed by atoms with van der Waals surface area (Å²) in [5, 5.41) is 3.40. The van der Waals surface area contributed by atoms with Gasteiger partial charge in [-0.15, -0.1) is 0 Å². The minimum Gasteiger partial charge on any atom is -0.475 e. The fourth-order valence-corrected chi connectivity index (χ4v) is 3.06. The topological polar surface area (TPSA) is 43.4 Å². The number of ether oxygens (including phenoxy) is 2. The Hall–Kier alpha value is -1.20. The van der Waals surface area contributed by atoms with Gasteiger partial charge in [-0.3, -0.25) is 0 Å². The molecule has 3 rings (SSSR count). The molecule has 0 amide bonds. The molecule has 104 valence electrons. The van der Waals surface area contributed by atoms with E-state index in [4.69, 9.17) is 9.47 Å². The third-order valence-corrected chi connectivity index (χ3v) is 4.10. The van der Waals surface area contributed by atoms with E-state index >= 15 is 0 Å². The monoisotopic (exact) mass is 266 g/mol. The largest absolute Gasteiger partial charge is 0.475 e. The molecule has 0 bridgehead atoms. The van der Waals surface area contributed by atoms with Gasteiger partial charge in [0.15, 0.2) is 5.82 Å². The number of fused-ring (bicyclic) bond motifs is 1. The van der Waals surface area contributed by atoms with E-state index in [9.17, 15) is 4.39 Å². The van der Waals surface area contributed by atoms with Crippen LogP contribution in [0.3, 0.4) is 0 Å². The number of hydrogen-bond donors (Lipinski definition) is 1. The summed E-state index contributed by atoms with van der Waals surface area (Å²) in [5.74, 6) is -0.317. The van der Waals surface area contributed by atoms with Gasteiger partial charge in [0.25, 0.3) is 0 Å². The summed E-state index contributed by atoms with van der Waals surface area (Å²) in [6.07, 6.45) is 4.85. The Kier molecular flexibility index (Phi) is 3.66. The van der Waals surface area contributed by atoms with E-state index in [-0.39, 0.29) is 17.4 Å². The Morgan fingerprint density at radius 3 is 3.42 bits per heavy atom. The van der Waals surface area contributed by atoms with Crippen LogP contribution in [0, 0.1) is 11.2 Å². The van der Waals surface area contributed by atoms with Crippen molar-refractivity contribution in [2.24, 2.45) is 5.41 Å². The van der Waals surface area contributed by atoms with Crippen molar-refractivity contribution in [3.63, 3.8) is 0 Å². The molecule has 19 heavy (non-hydrogen) atoms. The van der Waals surface area contributed by atoms with Crippen LogP contribution in [0.1, 0.15) is 19.3 Å². The third-order valence-electron chi connectivity index (χ3n) is 4.10. The molecule has 0 aliphatic carbocycles. The molecular formula is C14H19FN2O2. The van der Waals surface area contributed by atoms with Crippen LogP contribution in [0.5, 0.6) is 5.88 Å². The van der Waals surface area contributed by atoms with E-state index in [1.807, 2.05) is 0 Å². The molecule has 0 spiro atoms. The van der Waals surface area contributed by atoms with Crippen LogP contribution >= 0.6 is 0 Å². The second-order valence-electron chi connectivity index (χ2n) is 5.37. The number of aromatic nitrogens is 1. The highest BCUT2D eigenvalue weighted by Gasteiger charge is 2.44. The SMILES string of the molecule is Fc1cccnc1OCC12CCCOC1CCNC2. The number of nitrogens with zero attached hydrogens (tertiary/aromatic N) is 1. The van der Waals surface area contributed by atoms with E-state index in [0.717, 1.165) is 39.0 Å². The van der Waals surface area contributed by atoms with Crippen molar-refractivity contribution < 1.29 is 13.9 Å². The van der Waals surface area contributed by atoms with Gasteiger partial charge in [-0.1, -0.05) is 0 Å². The van der Waals surface area contributed by atoms with E-state index in [2.05, 4.69) is 10.3 Å². The van der Waals surface area contributed by atoms with E-state index in [1.165, 1.54) is 6.07 Å². The maximum atomic E-state index is 13.5. The third kappa shape index (κ3) is 2.58. The summed E-state index contributed by atoms with van der Waals surface area (Å²) in [7, 11) is 0. The van der Waals surface area contributed by atoms with Crippen molar-refractivity contribution in [2.45, 2.75) is 25.4 Å². The standard InChI is InChI=1S/C14H19FN2O2/c15-11-3-1-6-17-13(11)19-10-14-5-2-8-18-12(14)4-7-16-9-14/h1,3,6,12,16H,2,4-5,7-10H2. The molecule has 1 aromatic rings. The van der Waals surface area contributed by atoms with Gasteiger partial charge in [0.1, 0.15) is 0 Å². The summed E-state index contributed by atoms with van der Waals surface area (Å²) in [4.78, 5) is 3.94. The average Bonchev–Trinajstić information content (AvgIpc) is 2.46. The Morgan fingerprint density at radius 2 is 2.53 bits per heavy atom. The molecule has 0 saturated carbocycles. The zero-order valence-electron chi connectivity index (χ0n) is 10.9. The summed E-state index contributed by atoms with van der Waals surface area (Å²) in [6, 6.07) is 2.93. The quantitative estimate of drug-likeness (QED) is 0.905. The predicted octanol–water partition coefficient (Wildman–Crippen LogP) is 1.76. The first-order valence-electron chi connectivity index (χ1n) is 6.86. The maximum absolute atomic E-state index is 13.5. The second-order valence-corrected chi connectivity index (χ2v) is 5.37. The van der Waals surface area contributed by atoms with Gasteiger partial charge in [0.2, 0.25) is 5.88 Å². The van der Waals surface area contributed by atoms with Gasteiger partial charge in [-0.2, -0.15) is 0 Å². The van der Waals surface area contributed by atoms with Crippen LogP contribution in [0.4, 0.5) is 4.39 Å². The maximum Gasteiger partial charge on any atom is 0.250 e. The fourth-order valence-electron chi connectivity index (χ4n) is 3.06. The molecule has 5 heteroatoms. The minimum atomic E-state index is -0.407. The second kappa shape index (κ2) is 5.43.